The number of nitrogens with zero attached hydrogens (tertiary/aromatic N) is 4. The summed E-state index contributed by atoms with van der Waals surface area (Å²) in [5, 5.41) is -2.66. The molecule has 3 heterocycles. The Balaban J connectivity index is 0.0000117. The van der Waals surface area contributed by atoms with Gasteiger partial charge in [0.05, 0.1) is 51.0 Å². The number of rotatable bonds is 12. The molecule has 0 saturated heterocycles. The van der Waals surface area contributed by atoms with Crippen LogP contribution in [0.3, 0.4) is 0 Å². The number of hydrogen-bond donors (Lipinski definition) is 0. The van der Waals surface area contributed by atoms with Gasteiger partial charge in [-0.1, -0.05) is 232 Å². The van der Waals surface area contributed by atoms with Crippen molar-refractivity contribution in [2.24, 2.45) is 0 Å². The van der Waals surface area contributed by atoms with E-state index in [1.165, 1.54) is 59.2 Å². The van der Waals surface area contributed by atoms with Crippen molar-refractivity contribution in [2.75, 3.05) is 0 Å². The van der Waals surface area contributed by atoms with Crippen LogP contribution in [0.25, 0.3) is 83.4 Å². The zero-order valence-corrected chi connectivity index (χ0v) is 48.3. The average molecular weight is 1320 g/mol. The van der Waals surface area contributed by atoms with E-state index in [0.29, 0.717) is 11.3 Å². The van der Waals surface area contributed by atoms with Crippen LogP contribution in [0.5, 0.6) is 11.5 Å². The Kier molecular flexibility index (Phi) is 7.95. The summed E-state index contributed by atoms with van der Waals surface area (Å²) in [6.45, 7) is 0.123. The van der Waals surface area contributed by atoms with E-state index in [2.05, 4.69) is 39.2 Å². The molecule has 0 aliphatic rings. The molecule has 7 heteroatoms. The van der Waals surface area contributed by atoms with Gasteiger partial charge in [-0.3, -0.25) is 4.57 Å². The predicted molar refractivity (Wildman–Crippen MR) is 348 cm³/mol. The molecule has 0 unspecified atom stereocenters. The van der Waals surface area contributed by atoms with Crippen LogP contribution in [0.1, 0.15) is 80.0 Å². The molecular formula is C78H60N4OPtSi-2. The smallest absolute Gasteiger partial charge is 0.268 e. The number of aryl methyl sites for hydroxylation is 2. The molecule has 414 valence electrons. The van der Waals surface area contributed by atoms with Crippen LogP contribution in [0.15, 0.2) is 273 Å². The maximum atomic E-state index is 10.2. The fourth-order valence-corrected chi connectivity index (χ4v) is 14.8. The Hall–Kier alpha value is -9.45. The number of aromatic nitrogens is 4. The van der Waals surface area contributed by atoms with Gasteiger partial charge in [-0.05, 0) is 131 Å². The van der Waals surface area contributed by atoms with Crippen LogP contribution >= 0.6 is 0 Å². The molecule has 0 N–H and O–H groups in total. The van der Waals surface area contributed by atoms with Crippen molar-refractivity contribution in [1.29, 1.82) is 0 Å². The van der Waals surface area contributed by atoms with Gasteiger partial charge in [-0.15, -0.1) is 29.7 Å². The molecule has 0 amide bonds. The Bertz CT molecular complexity index is 6220. The third-order valence-electron chi connectivity index (χ3n) is 14.5. The summed E-state index contributed by atoms with van der Waals surface area (Å²) in [6.07, 6.45) is 4.94. The molecule has 0 fully saturated rings. The maximum absolute atomic E-state index is 10.2. The maximum Gasteiger partial charge on any atom is 0.268 e. The molecule has 0 aliphatic carbocycles. The van der Waals surface area contributed by atoms with Crippen molar-refractivity contribution < 1.29 is 72.9 Å². The van der Waals surface area contributed by atoms with Crippen LogP contribution in [-0.4, -0.2) is 22.2 Å². The zero-order chi connectivity index (χ0) is 83.7. The largest absolute Gasteiger partial charge is 0.510 e. The Labute approximate surface area is 556 Å². The van der Waals surface area contributed by atoms with Gasteiger partial charge in [0.2, 0.25) is 0 Å². The molecule has 3 aromatic heterocycles. The minimum atomic E-state index is -6.74. The number of benzene rings is 11. The molecule has 0 radical (unpaired) electrons. The van der Waals surface area contributed by atoms with Gasteiger partial charge in [0.1, 0.15) is 5.82 Å². The van der Waals surface area contributed by atoms with Crippen LogP contribution in [0, 0.1) is 32.2 Å². The van der Waals surface area contributed by atoms with Crippen molar-refractivity contribution in [3.63, 3.8) is 0 Å². The zero-order valence-electron chi connectivity index (χ0n) is 76.1. The summed E-state index contributed by atoms with van der Waals surface area (Å²) in [5.74, 6) is 0.625. The van der Waals surface area contributed by atoms with E-state index >= 15 is 0 Å². The predicted octanol–water partition coefficient (Wildman–Crippen LogP) is 15.9. The van der Waals surface area contributed by atoms with E-state index in [1.54, 1.807) is 12.3 Å². The number of ether oxygens (including phenoxy) is 1. The molecule has 0 saturated carbocycles. The second kappa shape index (κ2) is 22.6. The standard InChI is InChI=1S/C78H60N4OSi.Pt/c1-54-25-23-26-55(2)76(54)58-41-44-71-73(48-58)80(61-31-24-32-62(51-61)83-63-42-43-68-67-39-21-22-40-70(67)82(72(68)52-63)75-50-60(45-46-79-75)78(3,4)5)53-81(71)77-69(57-29-13-7-14-30-57)47-59(56-27-11-6-12-28-56)49-74(77)84(64-33-15-8-16-34-64,65-35-17-9-18-36-65)66-37-19-10-20-38-66;/h6-50H,1-5H3;/q-2;/i1D3,2D3,6D,7D,8D,9D,10D,11D,12D,13D,14D,15D,16D,17D,18D,19D,20D,27D,28D,29D,30D,33D,34D,35D,36D,37D,38D;. The van der Waals surface area contributed by atoms with Gasteiger partial charge < -0.3 is 13.9 Å². The first-order valence-electron chi connectivity index (χ1n) is 41.7. The molecular weight excluding hydrogens is 1230 g/mol. The first-order valence-corrected chi connectivity index (χ1v) is 28.2. The van der Waals surface area contributed by atoms with E-state index in [0.717, 1.165) is 38.6 Å². The quantitative estimate of drug-likeness (QED) is 0.0529. The van der Waals surface area contributed by atoms with Crippen molar-refractivity contribution in [2.45, 2.75) is 39.9 Å². The SMILES string of the molecule is [2H]c1c([2H])c([2H])c(-c2cc(-c3c([2H])c([2H])c([2H])c([2H])c3[2H])c(-[n+]3[c-]n(-c4[c-]c(Oc5[c-]c6c(cc5)c5ccccc5n6-c5cc(C(C)(C)C)ccn5)ccc4)c4cc(-c5c(C([2H])([2H])[2H])cccc5C([2H])([2H])[2H])ccc43)c([Si](c3c([2H])c([2H])c([2H])c([2H])c3[2H])(c3c([2H])c([2H])c([2H])c([2H])c3[2H])c3c([2H])c([2H])c([2H])c([2H])c3[2H])c2)c([2H])c1[2H].[Pt]. The van der Waals surface area contributed by atoms with Crippen LogP contribution in [0.4, 0.5) is 0 Å². The van der Waals surface area contributed by atoms with E-state index in [-0.39, 0.29) is 65.8 Å². The van der Waals surface area contributed by atoms with Crippen molar-refractivity contribution in [3.8, 4) is 62.1 Å². The Morgan fingerprint density at radius 2 is 1.15 bits per heavy atom. The molecule has 14 rings (SSSR count). The monoisotopic (exact) mass is 1320 g/mol. The third kappa shape index (κ3) is 9.85. The third-order valence-corrected chi connectivity index (χ3v) is 18.7. The number of para-hydroxylation sites is 1. The first kappa shape index (κ1) is 29.9. The molecule has 14 aromatic rings. The minimum absolute atomic E-state index is 0. The number of hydrogen-bond acceptors (Lipinski definition) is 2. The summed E-state index contributed by atoms with van der Waals surface area (Å²) in [4.78, 5) is 4.80. The van der Waals surface area contributed by atoms with Gasteiger partial charge >= 0.3 is 0 Å². The molecule has 11 aromatic carbocycles. The topological polar surface area (TPSA) is 35.9 Å². The second-order valence-electron chi connectivity index (χ2n) is 20.5. The summed E-state index contributed by atoms with van der Waals surface area (Å²) in [6, 6.07) is 6.85. The Morgan fingerprint density at radius 1 is 0.541 bits per heavy atom. The molecule has 0 spiro atoms. The number of pyridine rings is 1. The number of imidazole rings is 1. The van der Waals surface area contributed by atoms with Gasteiger partial charge in [-0.2, -0.15) is 18.2 Å². The van der Waals surface area contributed by atoms with E-state index < -0.39 is 233 Å². The van der Waals surface area contributed by atoms with E-state index in [9.17, 15) is 24.7 Å². The van der Waals surface area contributed by atoms with Gasteiger partial charge in [0, 0.05) is 52.5 Å². The van der Waals surface area contributed by atoms with Crippen molar-refractivity contribution >= 4 is 61.7 Å². The normalized spacial score (nSPS) is 17.2. The van der Waals surface area contributed by atoms with Crippen molar-refractivity contribution in [3.05, 3.63) is 308 Å². The van der Waals surface area contributed by atoms with Crippen LogP contribution in [-0.2, 0) is 26.5 Å². The molecule has 0 aliphatic heterocycles. The van der Waals surface area contributed by atoms with Crippen molar-refractivity contribution in [1.82, 2.24) is 14.1 Å². The summed E-state index contributed by atoms with van der Waals surface area (Å²) >= 11 is 0. The fourth-order valence-electron chi connectivity index (χ4n) is 10.8. The molecule has 0 atom stereocenters. The first-order chi connectivity index (χ1) is 53.9. The summed E-state index contributed by atoms with van der Waals surface area (Å²) in [5.41, 5.74) is -3.76. The average Bonchev–Trinajstić information content (AvgIpc) is 1.13. The summed E-state index contributed by atoms with van der Waals surface area (Å²) < 4.78 is 303. The van der Waals surface area contributed by atoms with E-state index in [1.807, 2.05) is 47.0 Å². The molecule has 85 heavy (non-hydrogen) atoms. The van der Waals surface area contributed by atoms with E-state index in [4.69, 9.17) is 27.5 Å². The van der Waals surface area contributed by atoms with Gasteiger partial charge in [-0.25, -0.2) is 4.98 Å². The Morgan fingerprint density at radius 3 is 1.80 bits per heavy atom. The minimum Gasteiger partial charge on any atom is -0.510 e. The van der Waals surface area contributed by atoms with Crippen LogP contribution < -0.4 is 30.1 Å². The second-order valence-corrected chi connectivity index (χ2v) is 24.0. The molecule has 5 nitrogen and oxygen atoms in total. The van der Waals surface area contributed by atoms with Crippen LogP contribution in [0.2, 0.25) is 0 Å². The number of fused-ring (bicyclic) bond motifs is 4. The summed E-state index contributed by atoms with van der Waals surface area (Å²) in [7, 11) is -6.74. The molecule has 0 bridgehead atoms. The fraction of sp³-hybridized carbons (Fsp3) is 0.0769. The van der Waals surface area contributed by atoms with Gasteiger partial charge in [0.25, 0.3) is 6.33 Å². The van der Waals surface area contributed by atoms with Gasteiger partial charge in [0.15, 0.2) is 8.07 Å².